The van der Waals surface area contributed by atoms with Crippen LogP contribution in [-0.4, -0.2) is 55.1 Å². The zero-order valence-electron chi connectivity index (χ0n) is 20.8. The Morgan fingerprint density at radius 3 is 2.60 bits per heavy atom. The lowest BCUT2D eigenvalue weighted by Gasteiger charge is -2.30. The standard InChI is InChI=1S/C24H35N3O6S2/c1-24(2,3)33-23(28)27-16-8-10-17(11-9-16)32-21-20-19-15(12-13-31-35(4,29)30)6-5-7-18(19)34-22(20)26-14-25-21/h14-17H,5-13H2,1-4H3,(H,27,28)/t15-,16?,17?/m0/s1. The smallest absolute Gasteiger partial charge is 0.407 e. The molecular formula is C24H35N3O6S2. The molecule has 194 valence electrons. The first-order valence-electron chi connectivity index (χ1n) is 12.3. The second-order valence-corrected chi connectivity index (χ2v) is 13.2. The maximum atomic E-state index is 12.1. The van der Waals surface area contributed by atoms with Crippen molar-refractivity contribution in [2.24, 2.45) is 0 Å². The molecule has 2 aromatic rings. The first-order chi connectivity index (χ1) is 16.5. The van der Waals surface area contributed by atoms with Gasteiger partial charge in [0, 0.05) is 10.9 Å². The minimum absolute atomic E-state index is 0.0101. The summed E-state index contributed by atoms with van der Waals surface area (Å²) in [5.74, 6) is 0.795. The lowest BCUT2D eigenvalue weighted by molar-refractivity contribution is 0.0470. The van der Waals surface area contributed by atoms with Gasteiger partial charge in [-0.2, -0.15) is 8.42 Å². The van der Waals surface area contributed by atoms with Crippen LogP contribution in [0.1, 0.15) is 82.1 Å². The summed E-state index contributed by atoms with van der Waals surface area (Å²) in [4.78, 5) is 23.3. The van der Waals surface area contributed by atoms with Gasteiger partial charge in [0.2, 0.25) is 5.88 Å². The Bertz CT molecular complexity index is 1150. The zero-order valence-corrected chi connectivity index (χ0v) is 22.5. The molecule has 35 heavy (non-hydrogen) atoms. The molecule has 1 saturated carbocycles. The van der Waals surface area contributed by atoms with Crippen LogP contribution in [0.3, 0.4) is 0 Å². The molecule has 11 heteroatoms. The van der Waals surface area contributed by atoms with Crippen LogP contribution in [0.4, 0.5) is 4.79 Å². The number of carbonyl (C=O) groups is 1. The zero-order chi connectivity index (χ0) is 25.2. The highest BCUT2D eigenvalue weighted by Gasteiger charge is 2.30. The van der Waals surface area contributed by atoms with Crippen molar-refractivity contribution in [3.63, 3.8) is 0 Å². The van der Waals surface area contributed by atoms with E-state index in [-0.39, 0.29) is 30.8 Å². The minimum atomic E-state index is -3.46. The second-order valence-electron chi connectivity index (χ2n) is 10.4. The lowest BCUT2D eigenvalue weighted by atomic mass is 9.84. The summed E-state index contributed by atoms with van der Waals surface area (Å²) < 4.78 is 39.6. The molecule has 0 aromatic carbocycles. The van der Waals surface area contributed by atoms with E-state index in [2.05, 4.69) is 15.3 Å². The SMILES string of the molecule is CC(C)(C)OC(=O)NC1CCC(Oc2ncnc3sc4c(c23)[C@H](CCOS(C)(=O)=O)CCC4)CC1. The molecule has 9 nitrogen and oxygen atoms in total. The number of aryl methyl sites for hydroxylation is 1. The molecule has 1 atom stereocenters. The summed E-state index contributed by atoms with van der Waals surface area (Å²) in [5, 5.41) is 3.93. The number of hydrogen-bond donors (Lipinski definition) is 1. The summed E-state index contributed by atoms with van der Waals surface area (Å²) in [6.45, 7) is 5.73. The van der Waals surface area contributed by atoms with Crippen LogP contribution in [-0.2, 0) is 25.5 Å². The van der Waals surface area contributed by atoms with Crippen molar-refractivity contribution in [3.8, 4) is 5.88 Å². The average Bonchev–Trinajstić information content (AvgIpc) is 3.13. The molecule has 2 aliphatic carbocycles. The minimum Gasteiger partial charge on any atom is -0.474 e. The fourth-order valence-corrected chi connectivity index (χ4v) is 6.58. The number of thiophene rings is 1. The normalized spacial score (nSPS) is 23.0. The van der Waals surface area contributed by atoms with E-state index in [1.54, 1.807) is 17.7 Å². The number of amides is 1. The molecule has 2 aliphatic rings. The first kappa shape index (κ1) is 26.1. The van der Waals surface area contributed by atoms with Gasteiger partial charge in [-0.15, -0.1) is 11.3 Å². The van der Waals surface area contributed by atoms with E-state index < -0.39 is 15.7 Å². The van der Waals surface area contributed by atoms with E-state index in [0.29, 0.717) is 12.3 Å². The number of hydrogen-bond acceptors (Lipinski definition) is 9. The van der Waals surface area contributed by atoms with Gasteiger partial charge in [-0.3, -0.25) is 4.18 Å². The number of nitrogens with one attached hydrogen (secondary N) is 1. The molecule has 0 aliphatic heterocycles. The van der Waals surface area contributed by atoms with Crippen molar-refractivity contribution in [1.82, 2.24) is 15.3 Å². The number of aromatic nitrogens is 2. The van der Waals surface area contributed by atoms with Gasteiger partial charge in [0.15, 0.2) is 0 Å². The van der Waals surface area contributed by atoms with Gasteiger partial charge in [-0.25, -0.2) is 14.8 Å². The van der Waals surface area contributed by atoms with Gasteiger partial charge >= 0.3 is 6.09 Å². The monoisotopic (exact) mass is 525 g/mol. The van der Waals surface area contributed by atoms with Crippen LogP contribution >= 0.6 is 11.3 Å². The predicted molar refractivity (Wildman–Crippen MR) is 135 cm³/mol. The number of alkyl carbamates (subject to hydrolysis) is 1. The van der Waals surface area contributed by atoms with Crippen molar-refractivity contribution < 1.29 is 26.9 Å². The summed E-state index contributed by atoms with van der Waals surface area (Å²) in [5.41, 5.74) is 0.682. The van der Waals surface area contributed by atoms with Crippen LogP contribution < -0.4 is 10.1 Å². The molecule has 2 heterocycles. The summed E-state index contributed by atoms with van der Waals surface area (Å²) >= 11 is 1.68. The number of fused-ring (bicyclic) bond motifs is 3. The van der Waals surface area contributed by atoms with Crippen LogP contribution in [0.25, 0.3) is 10.2 Å². The maximum Gasteiger partial charge on any atom is 0.407 e. The van der Waals surface area contributed by atoms with Crippen LogP contribution in [0, 0.1) is 0 Å². The van der Waals surface area contributed by atoms with Crippen molar-refractivity contribution >= 4 is 37.8 Å². The summed E-state index contributed by atoms with van der Waals surface area (Å²) in [6.07, 6.45) is 9.15. The van der Waals surface area contributed by atoms with Crippen LogP contribution in [0.15, 0.2) is 6.33 Å². The van der Waals surface area contributed by atoms with Crippen molar-refractivity contribution in [2.75, 3.05) is 12.9 Å². The Labute approximate surface area is 211 Å². The van der Waals surface area contributed by atoms with Gasteiger partial charge in [0.25, 0.3) is 10.1 Å². The van der Waals surface area contributed by atoms with E-state index in [1.807, 2.05) is 20.8 Å². The molecule has 1 amide bonds. The molecule has 2 aromatic heterocycles. The van der Waals surface area contributed by atoms with E-state index in [0.717, 1.165) is 61.4 Å². The fourth-order valence-electron chi connectivity index (χ4n) is 4.92. The third kappa shape index (κ3) is 7.04. The Hall–Kier alpha value is -1.98. The van der Waals surface area contributed by atoms with Crippen LogP contribution in [0.5, 0.6) is 5.88 Å². The Kier molecular flexibility index (Phi) is 7.87. The van der Waals surface area contributed by atoms with Crippen molar-refractivity contribution in [2.45, 2.75) is 95.8 Å². The Morgan fingerprint density at radius 2 is 1.91 bits per heavy atom. The molecule has 4 rings (SSSR count). The lowest BCUT2D eigenvalue weighted by Crippen LogP contribution is -2.42. The molecule has 0 saturated heterocycles. The number of ether oxygens (including phenoxy) is 2. The first-order valence-corrected chi connectivity index (χ1v) is 14.9. The number of rotatable bonds is 7. The molecule has 0 unspecified atom stereocenters. The molecular weight excluding hydrogens is 490 g/mol. The topological polar surface area (TPSA) is 117 Å². The molecule has 0 bridgehead atoms. The second kappa shape index (κ2) is 10.6. The van der Waals surface area contributed by atoms with E-state index >= 15 is 0 Å². The highest BCUT2D eigenvalue weighted by atomic mass is 32.2. The number of carbonyl (C=O) groups excluding carboxylic acids is 1. The van der Waals surface area contributed by atoms with Gasteiger partial charge in [0.1, 0.15) is 22.9 Å². The van der Waals surface area contributed by atoms with Crippen LogP contribution in [0.2, 0.25) is 0 Å². The van der Waals surface area contributed by atoms with E-state index in [4.69, 9.17) is 13.7 Å². The average molecular weight is 526 g/mol. The van der Waals surface area contributed by atoms with Gasteiger partial charge < -0.3 is 14.8 Å². The van der Waals surface area contributed by atoms with E-state index in [1.165, 1.54) is 10.4 Å². The van der Waals surface area contributed by atoms with Crippen molar-refractivity contribution in [1.29, 1.82) is 0 Å². The quantitative estimate of drug-likeness (QED) is 0.518. The van der Waals surface area contributed by atoms with E-state index in [9.17, 15) is 13.2 Å². The highest BCUT2D eigenvalue weighted by Crippen LogP contribution is 2.46. The van der Waals surface area contributed by atoms with Gasteiger partial charge in [0.05, 0.1) is 18.2 Å². The molecule has 1 fully saturated rings. The molecule has 0 spiro atoms. The Morgan fingerprint density at radius 1 is 1.17 bits per heavy atom. The third-order valence-corrected chi connectivity index (χ3v) is 8.14. The fraction of sp³-hybridized carbons (Fsp3) is 0.708. The molecule has 1 N–H and O–H groups in total. The predicted octanol–water partition coefficient (Wildman–Crippen LogP) is 4.69. The van der Waals surface area contributed by atoms with Crippen molar-refractivity contribution in [3.05, 3.63) is 16.8 Å². The molecule has 0 radical (unpaired) electrons. The third-order valence-electron chi connectivity index (χ3n) is 6.37. The maximum absolute atomic E-state index is 12.1. The summed E-state index contributed by atoms with van der Waals surface area (Å²) in [7, 11) is -3.46. The number of nitrogens with zero attached hydrogens (tertiary/aromatic N) is 2. The van der Waals surface area contributed by atoms with Gasteiger partial charge in [-0.05, 0) is 83.6 Å². The highest BCUT2D eigenvalue weighted by molar-refractivity contribution is 7.85. The Balaban J connectivity index is 1.43. The summed E-state index contributed by atoms with van der Waals surface area (Å²) in [6, 6.07) is 0.0725. The van der Waals surface area contributed by atoms with Gasteiger partial charge in [-0.1, -0.05) is 0 Å². The largest absolute Gasteiger partial charge is 0.474 e.